The van der Waals surface area contributed by atoms with Gasteiger partial charge in [0.25, 0.3) is 0 Å². The summed E-state index contributed by atoms with van der Waals surface area (Å²) >= 11 is 0. The summed E-state index contributed by atoms with van der Waals surface area (Å²) < 4.78 is 0. The van der Waals surface area contributed by atoms with Gasteiger partial charge in [0, 0.05) is 6.42 Å². The largest absolute Gasteiger partial charge is 0.389 e. The van der Waals surface area contributed by atoms with Crippen LogP contribution < -0.4 is 0 Å². The van der Waals surface area contributed by atoms with Crippen molar-refractivity contribution in [2.24, 2.45) is 11.8 Å². The summed E-state index contributed by atoms with van der Waals surface area (Å²) in [6.45, 7) is 0. The number of benzene rings is 1. The van der Waals surface area contributed by atoms with Gasteiger partial charge < -0.3 is 5.11 Å². The van der Waals surface area contributed by atoms with Crippen LogP contribution in [0, 0.1) is 24.2 Å². The Bertz CT molecular complexity index is 450. The van der Waals surface area contributed by atoms with Gasteiger partial charge >= 0.3 is 0 Å². The lowest BCUT2D eigenvalue weighted by molar-refractivity contribution is -0.0395. The zero-order chi connectivity index (χ0) is 12.6. The molecular weight excluding hydrogens is 220 g/mol. The lowest BCUT2D eigenvalue weighted by Gasteiger charge is -2.33. The second-order valence-corrected chi connectivity index (χ2v) is 5.84. The Morgan fingerprint density at radius 3 is 2.22 bits per heavy atom. The van der Waals surface area contributed by atoms with Gasteiger partial charge in [0.2, 0.25) is 0 Å². The zero-order valence-electron chi connectivity index (χ0n) is 10.7. The quantitative estimate of drug-likeness (QED) is 0.788. The van der Waals surface area contributed by atoms with E-state index in [-0.39, 0.29) is 0 Å². The summed E-state index contributed by atoms with van der Waals surface area (Å²) in [5.74, 6) is 3.50. The van der Waals surface area contributed by atoms with Crippen LogP contribution in [0.4, 0.5) is 0 Å². The van der Waals surface area contributed by atoms with Gasteiger partial charge in [-0.2, -0.15) is 0 Å². The Morgan fingerprint density at radius 2 is 1.72 bits per heavy atom. The summed E-state index contributed by atoms with van der Waals surface area (Å²) in [6, 6.07) is 8.66. The van der Waals surface area contributed by atoms with Crippen molar-refractivity contribution in [3.63, 3.8) is 0 Å². The first-order valence-electron chi connectivity index (χ1n) is 6.96. The van der Waals surface area contributed by atoms with Crippen LogP contribution in [-0.4, -0.2) is 10.7 Å². The highest BCUT2D eigenvalue weighted by Crippen LogP contribution is 2.49. The molecule has 1 N–H and O–H groups in total. The molecule has 2 bridgehead atoms. The van der Waals surface area contributed by atoms with Crippen LogP contribution in [0.2, 0.25) is 0 Å². The lowest BCUT2D eigenvalue weighted by atomic mass is 9.79. The van der Waals surface area contributed by atoms with E-state index in [9.17, 15) is 5.11 Å². The highest BCUT2D eigenvalue weighted by molar-refractivity contribution is 5.31. The maximum atomic E-state index is 11.1. The second kappa shape index (κ2) is 4.44. The van der Waals surface area contributed by atoms with Crippen LogP contribution in [0.15, 0.2) is 24.3 Å². The van der Waals surface area contributed by atoms with Gasteiger partial charge in [-0.15, -0.1) is 12.3 Å². The molecule has 0 aromatic heterocycles. The average Bonchev–Trinajstić information content (AvgIpc) is 2.59. The fourth-order valence-electron chi connectivity index (χ4n) is 3.96. The lowest BCUT2D eigenvalue weighted by Crippen LogP contribution is -2.40. The fourth-order valence-corrected chi connectivity index (χ4v) is 3.96. The van der Waals surface area contributed by atoms with Gasteiger partial charge in [0.15, 0.2) is 0 Å². The summed E-state index contributed by atoms with van der Waals surface area (Å²) in [5, 5.41) is 11.1. The molecule has 0 saturated heterocycles. The van der Waals surface area contributed by atoms with Crippen LogP contribution in [0.3, 0.4) is 0 Å². The van der Waals surface area contributed by atoms with Crippen molar-refractivity contribution in [3.05, 3.63) is 35.4 Å². The van der Waals surface area contributed by atoms with E-state index in [0.717, 1.165) is 32.1 Å². The van der Waals surface area contributed by atoms with Gasteiger partial charge in [-0.25, -0.2) is 0 Å². The van der Waals surface area contributed by atoms with Crippen LogP contribution in [-0.2, 0) is 12.8 Å². The van der Waals surface area contributed by atoms with Crippen molar-refractivity contribution in [2.75, 3.05) is 0 Å². The molecule has 3 rings (SSSR count). The Hall–Kier alpha value is -1.26. The van der Waals surface area contributed by atoms with Crippen LogP contribution in [0.25, 0.3) is 0 Å². The number of fused-ring (bicyclic) bond motifs is 3. The first-order valence-corrected chi connectivity index (χ1v) is 6.96. The maximum Gasteiger partial charge on any atom is 0.0719 e. The minimum absolute atomic E-state index is 0.402. The van der Waals surface area contributed by atoms with E-state index >= 15 is 0 Å². The van der Waals surface area contributed by atoms with E-state index in [2.05, 4.69) is 30.2 Å². The predicted octanol–water partition coefficient (Wildman–Crippen LogP) is 2.96. The molecule has 1 aromatic carbocycles. The third kappa shape index (κ3) is 1.76. The third-order valence-electron chi connectivity index (χ3n) is 5.00. The fraction of sp³-hybridized carbons (Fsp3) is 0.529. The minimum Gasteiger partial charge on any atom is -0.389 e. The predicted molar refractivity (Wildman–Crippen MR) is 73.1 cm³/mol. The molecule has 0 radical (unpaired) electrons. The number of rotatable bonds is 2. The van der Waals surface area contributed by atoms with Crippen molar-refractivity contribution in [1.29, 1.82) is 0 Å². The van der Waals surface area contributed by atoms with Gasteiger partial charge in [0.1, 0.15) is 0 Å². The van der Waals surface area contributed by atoms with Crippen molar-refractivity contribution < 1.29 is 5.11 Å². The van der Waals surface area contributed by atoms with Crippen LogP contribution >= 0.6 is 0 Å². The molecule has 1 fully saturated rings. The zero-order valence-corrected chi connectivity index (χ0v) is 10.7. The van der Waals surface area contributed by atoms with E-state index in [1.54, 1.807) is 0 Å². The molecule has 1 nitrogen and oxygen atoms in total. The molecule has 1 saturated carbocycles. The van der Waals surface area contributed by atoms with Crippen molar-refractivity contribution in [1.82, 2.24) is 0 Å². The standard InChI is InChI=1S/C17H20O/c1-2-3-10-17(18)15-8-9-16(17)12-14-7-5-4-6-13(14)11-15/h1,4-7,15-16,18H,3,8-12H2. The topological polar surface area (TPSA) is 20.2 Å². The minimum atomic E-state index is -0.522. The molecule has 94 valence electrons. The molecule has 2 aliphatic rings. The third-order valence-corrected chi connectivity index (χ3v) is 5.00. The van der Waals surface area contributed by atoms with E-state index in [1.807, 2.05) is 0 Å². The molecule has 0 aliphatic heterocycles. The van der Waals surface area contributed by atoms with E-state index in [1.165, 1.54) is 11.1 Å². The van der Waals surface area contributed by atoms with Crippen molar-refractivity contribution in [2.45, 2.75) is 44.1 Å². The Balaban J connectivity index is 1.93. The van der Waals surface area contributed by atoms with E-state index in [0.29, 0.717) is 18.3 Å². The number of terminal acetylenes is 1. The highest BCUT2D eigenvalue weighted by Gasteiger charge is 2.49. The van der Waals surface area contributed by atoms with Gasteiger partial charge in [-0.3, -0.25) is 0 Å². The molecule has 2 unspecified atom stereocenters. The normalized spacial score (nSPS) is 33.6. The molecule has 1 heteroatoms. The highest BCUT2D eigenvalue weighted by atomic mass is 16.3. The molecule has 1 aromatic rings. The molecule has 2 atom stereocenters. The van der Waals surface area contributed by atoms with Gasteiger partial charge in [-0.05, 0) is 55.1 Å². The van der Waals surface area contributed by atoms with E-state index < -0.39 is 5.60 Å². The molecule has 0 heterocycles. The average molecular weight is 240 g/mol. The SMILES string of the molecule is C#CCCC1(O)C2CCC1Cc1ccccc1C2. The monoisotopic (exact) mass is 240 g/mol. The Labute approximate surface area is 109 Å². The summed E-state index contributed by atoms with van der Waals surface area (Å²) in [6.07, 6.45) is 11.2. The van der Waals surface area contributed by atoms with Crippen LogP contribution in [0.5, 0.6) is 0 Å². The van der Waals surface area contributed by atoms with E-state index in [4.69, 9.17) is 6.42 Å². The molecule has 2 aliphatic carbocycles. The number of aliphatic hydroxyl groups is 1. The van der Waals surface area contributed by atoms with Crippen LogP contribution in [0.1, 0.15) is 36.8 Å². The molecule has 0 amide bonds. The van der Waals surface area contributed by atoms with Gasteiger partial charge in [0.05, 0.1) is 5.60 Å². The Morgan fingerprint density at radius 1 is 1.17 bits per heavy atom. The molecule has 18 heavy (non-hydrogen) atoms. The molecular formula is C17H20O. The smallest absolute Gasteiger partial charge is 0.0719 e. The van der Waals surface area contributed by atoms with Crippen molar-refractivity contribution in [3.8, 4) is 12.3 Å². The first-order chi connectivity index (χ1) is 8.74. The Kier molecular flexibility index (Phi) is 2.92. The summed E-state index contributed by atoms with van der Waals surface area (Å²) in [4.78, 5) is 0. The second-order valence-electron chi connectivity index (χ2n) is 5.84. The number of hydrogen-bond acceptors (Lipinski definition) is 1. The summed E-state index contributed by atoms with van der Waals surface area (Å²) in [7, 11) is 0. The summed E-state index contributed by atoms with van der Waals surface area (Å²) in [5.41, 5.74) is 2.35. The number of hydrogen-bond donors (Lipinski definition) is 1. The van der Waals surface area contributed by atoms with Gasteiger partial charge in [-0.1, -0.05) is 24.3 Å². The first kappa shape index (κ1) is 11.8. The maximum absolute atomic E-state index is 11.1. The van der Waals surface area contributed by atoms with Crippen molar-refractivity contribution >= 4 is 0 Å². The molecule has 0 spiro atoms.